The largest absolute Gasteiger partial charge is 0.497 e. The molecular weight excluding hydrogens is 426 g/mol. The van der Waals surface area contributed by atoms with Crippen LogP contribution in [0.4, 0.5) is 5.69 Å². The van der Waals surface area contributed by atoms with Gasteiger partial charge in [0.1, 0.15) is 5.75 Å². The van der Waals surface area contributed by atoms with Crippen molar-refractivity contribution >= 4 is 39.1 Å². The summed E-state index contributed by atoms with van der Waals surface area (Å²) in [6, 6.07) is 8.87. The number of rotatable bonds is 7. The molecule has 0 aliphatic carbocycles. The van der Waals surface area contributed by atoms with Crippen molar-refractivity contribution in [2.45, 2.75) is 16.2 Å². The Morgan fingerprint density at radius 2 is 1.87 bits per heavy atom. The molecule has 0 aliphatic heterocycles. The SMILES string of the molecule is COC(=O)c1cc(Cc2ccsc2)c(N)c(C=O)c1S(=O)(=O)c1ccc(OC)cc1. The molecule has 156 valence electrons. The van der Waals surface area contributed by atoms with Gasteiger partial charge in [-0.05, 0) is 58.3 Å². The monoisotopic (exact) mass is 445 g/mol. The zero-order valence-electron chi connectivity index (χ0n) is 16.2. The lowest BCUT2D eigenvalue weighted by Gasteiger charge is -2.17. The normalized spacial score (nSPS) is 11.1. The summed E-state index contributed by atoms with van der Waals surface area (Å²) in [6.07, 6.45) is 0.693. The number of carbonyl (C=O) groups excluding carboxylic acids is 2. The highest BCUT2D eigenvalue weighted by Gasteiger charge is 2.31. The van der Waals surface area contributed by atoms with Crippen LogP contribution < -0.4 is 10.5 Å². The predicted molar refractivity (Wildman–Crippen MR) is 113 cm³/mol. The first-order chi connectivity index (χ1) is 14.3. The van der Waals surface area contributed by atoms with E-state index in [1.54, 1.807) is 0 Å². The molecular formula is C21H19NO6S2. The minimum absolute atomic E-state index is 0.0101. The van der Waals surface area contributed by atoms with Crippen molar-refractivity contribution < 1.29 is 27.5 Å². The van der Waals surface area contributed by atoms with Gasteiger partial charge < -0.3 is 15.2 Å². The predicted octanol–water partition coefficient (Wildman–Crippen LogP) is 3.36. The van der Waals surface area contributed by atoms with Gasteiger partial charge in [0.2, 0.25) is 9.84 Å². The van der Waals surface area contributed by atoms with Gasteiger partial charge in [-0.15, -0.1) is 0 Å². The van der Waals surface area contributed by atoms with Crippen LogP contribution in [0.5, 0.6) is 5.75 Å². The number of nitrogen functional groups attached to an aromatic ring is 1. The molecule has 7 nitrogen and oxygen atoms in total. The molecule has 0 fully saturated rings. The number of aldehydes is 1. The lowest BCUT2D eigenvalue weighted by Crippen LogP contribution is -2.17. The van der Waals surface area contributed by atoms with E-state index in [4.69, 9.17) is 15.2 Å². The minimum Gasteiger partial charge on any atom is -0.497 e. The van der Waals surface area contributed by atoms with Crippen molar-refractivity contribution in [3.05, 3.63) is 69.4 Å². The maximum atomic E-state index is 13.4. The first-order valence-electron chi connectivity index (χ1n) is 8.72. The van der Waals surface area contributed by atoms with Gasteiger partial charge in [0, 0.05) is 12.1 Å². The van der Waals surface area contributed by atoms with Crippen LogP contribution in [0.25, 0.3) is 0 Å². The van der Waals surface area contributed by atoms with Crippen molar-refractivity contribution in [3.8, 4) is 5.75 Å². The number of carbonyl (C=O) groups is 2. The van der Waals surface area contributed by atoms with E-state index in [2.05, 4.69) is 0 Å². The highest BCUT2D eigenvalue weighted by Crippen LogP contribution is 2.34. The topological polar surface area (TPSA) is 113 Å². The summed E-state index contributed by atoms with van der Waals surface area (Å²) in [5.41, 5.74) is 7.07. The summed E-state index contributed by atoms with van der Waals surface area (Å²) < 4.78 is 36.6. The number of hydrogen-bond acceptors (Lipinski definition) is 8. The van der Waals surface area contributed by atoms with E-state index in [1.165, 1.54) is 48.8 Å². The van der Waals surface area contributed by atoms with Gasteiger partial charge in [-0.25, -0.2) is 13.2 Å². The molecule has 3 aromatic rings. The third-order valence-electron chi connectivity index (χ3n) is 4.58. The Kier molecular flexibility index (Phi) is 6.23. The van der Waals surface area contributed by atoms with Crippen LogP contribution in [-0.4, -0.2) is 34.9 Å². The lowest BCUT2D eigenvalue weighted by atomic mass is 9.98. The second-order valence-corrected chi connectivity index (χ2v) is 9.00. The molecule has 30 heavy (non-hydrogen) atoms. The second kappa shape index (κ2) is 8.68. The maximum absolute atomic E-state index is 13.4. The molecule has 2 N–H and O–H groups in total. The van der Waals surface area contributed by atoms with Crippen molar-refractivity contribution in [2.24, 2.45) is 0 Å². The second-order valence-electron chi connectivity index (χ2n) is 6.34. The minimum atomic E-state index is -4.26. The van der Waals surface area contributed by atoms with Crippen LogP contribution in [0, 0.1) is 0 Å². The van der Waals surface area contributed by atoms with Crippen molar-refractivity contribution in [1.29, 1.82) is 0 Å². The Labute approximate surface area is 178 Å². The summed E-state index contributed by atoms with van der Waals surface area (Å²) in [6.45, 7) is 0. The Bertz CT molecular complexity index is 1180. The van der Waals surface area contributed by atoms with Crippen LogP contribution in [-0.2, 0) is 21.0 Å². The Morgan fingerprint density at radius 3 is 2.40 bits per heavy atom. The van der Waals surface area contributed by atoms with E-state index in [0.29, 0.717) is 24.0 Å². The number of hydrogen-bond donors (Lipinski definition) is 1. The molecule has 1 heterocycles. The van der Waals surface area contributed by atoms with Gasteiger partial charge in [0.15, 0.2) is 6.29 Å². The van der Waals surface area contributed by atoms with E-state index in [1.807, 2.05) is 16.8 Å². The quantitative estimate of drug-likeness (QED) is 0.337. The molecule has 0 radical (unpaired) electrons. The molecule has 0 spiro atoms. The Balaban J connectivity index is 2.27. The van der Waals surface area contributed by atoms with Crippen LogP contribution in [0.3, 0.4) is 0 Å². The maximum Gasteiger partial charge on any atom is 0.339 e. The van der Waals surface area contributed by atoms with Gasteiger partial charge in [0.05, 0.1) is 35.1 Å². The zero-order valence-corrected chi connectivity index (χ0v) is 17.9. The van der Waals surface area contributed by atoms with Crippen molar-refractivity contribution in [2.75, 3.05) is 20.0 Å². The van der Waals surface area contributed by atoms with Crippen molar-refractivity contribution in [1.82, 2.24) is 0 Å². The molecule has 9 heteroatoms. The van der Waals surface area contributed by atoms with Crippen molar-refractivity contribution in [3.63, 3.8) is 0 Å². The number of sulfone groups is 1. The summed E-state index contributed by atoms with van der Waals surface area (Å²) in [4.78, 5) is 23.8. The van der Waals surface area contributed by atoms with Gasteiger partial charge in [0.25, 0.3) is 0 Å². The molecule has 0 saturated heterocycles. The molecule has 2 aromatic carbocycles. The van der Waals surface area contributed by atoms with Crippen LogP contribution >= 0.6 is 11.3 Å². The number of nitrogens with two attached hydrogens (primary N) is 1. The standard InChI is InChI=1S/C21H19NO6S2/c1-27-15-3-5-16(6-4-15)30(25,26)20-17(21(24)28-2)10-14(19(22)18(20)11-23)9-13-7-8-29-12-13/h3-8,10-12H,9,22H2,1-2H3. The number of ether oxygens (including phenoxy) is 2. The molecule has 3 rings (SSSR count). The van der Waals surface area contributed by atoms with Gasteiger partial charge in [-0.3, -0.25) is 4.79 Å². The summed E-state index contributed by atoms with van der Waals surface area (Å²) >= 11 is 1.49. The number of anilines is 1. The van der Waals surface area contributed by atoms with Gasteiger partial charge >= 0.3 is 5.97 Å². The number of esters is 1. The van der Waals surface area contributed by atoms with Crippen LogP contribution in [0.2, 0.25) is 0 Å². The number of thiophene rings is 1. The summed E-state index contributed by atoms with van der Waals surface area (Å²) in [7, 11) is -1.66. The third kappa shape index (κ3) is 3.94. The van der Waals surface area contributed by atoms with E-state index in [-0.39, 0.29) is 21.7 Å². The summed E-state index contributed by atoms with van der Waals surface area (Å²) in [5.74, 6) is -0.417. The average molecular weight is 446 g/mol. The molecule has 1 aromatic heterocycles. The fraction of sp³-hybridized carbons (Fsp3) is 0.143. The summed E-state index contributed by atoms with van der Waals surface area (Å²) in [5, 5.41) is 3.79. The lowest BCUT2D eigenvalue weighted by molar-refractivity contribution is 0.0596. The average Bonchev–Trinajstić information content (AvgIpc) is 3.27. The number of benzene rings is 2. The molecule has 0 amide bonds. The molecule has 0 aliphatic rings. The van der Waals surface area contributed by atoms with E-state index >= 15 is 0 Å². The first kappa shape index (κ1) is 21.5. The fourth-order valence-corrected chi connectivity index (χ4v) is 5.34. The molecule has 0 saturated carbocycles. The Hall–Kier alpha value is -3.17. The van der Waals surface area contributed by atoms with Crippen LogP contribution in [0.1, 0.15) is 31.8 Å². The fourth-order valence-electron chi connectivity index (χ4n) is 3.06. The first-order valence-corrected chi connectivity index (χ1v) is 11.1. The highest BCUT2D eigenvalue weighted by atomic mass is 32.2. The van der Waals surface area contributed by atoms with Gasteiger partial charge in [-0.1, -0.05) is 0 Å². The van der Waals surface area contributed by atoms with E-state index in [0.717, 1.165) is 12.7 Å². The third-order valence-corrected chi connectivity index (χ3v) is 7.18. The zero-order chi connectivity index (χ0) is 21.9. The molecule has 0 unspecified atom stereocenters. The van der Waals surface area contributed by atoms with E-state index < -0.39 is 20.7 Å². The number of methoxy groups -OCH3 is 2. The smallest absolute Gasteiger partial charge is 0.339 e. The van der Waals surface area contributed by atoms with Crippen LogP contribution in [0.15, 0.2) is 56.9 Å². The highest BCUT2D eigenvalue weighted by molar-refractivity contribution is 7.91. The Morgan fingerprint density at radius 1 is 1.17 bits per heavy atom. The van der Waals surface area contributed by atoms with E-state index in [9.17, 15) is 18.0 Å². The molecule has 0 bridgehead atoms. The molecule has 0 atom stereocenters. The van der Waals surface area contributed by atoms with Gasteiger partial charge in [-0.2, -0.15) is 11.3 Å².